The Balaban J connectivity index is 1.71. The van der Waals surface area contributed by atoms with Gasteiger partial charge in [0.2, 0.25) is 0 Å². The average Bonchev–Trinajstić information content (AvgIpc) is 2.78. The van der Waals surface area contributed by atoms with Gasteiger partial charge in [-0.3, -0.25) is 14.7 Å². The summed E-state index contributed by atoms with van der Waals surface area (Å²) in [5, 5.41) is 19.0. The van der Waals surface area contributed by atoms with Crippen molar-refractivity contribution in [3.63, 3.8) is 0 Å². The van der Waals surface area contributed by atoms with Crippen LogP contribution in [0.4, 0.5) is 0 Å². The van der Waals surface area contributed by atoms with Crippen molar-refractivity contribution in [3.05, 3.63) is 79.5 Å². The van der Waals surface area contributed by atoms with Crippen molar-refractivity contribution >= 4 is 22.6 Å². The summed E-state index contributed by atoms with van der Waals surface area (Å²) >= 11 is 6.39. The Bertz CT molecular complexity index is 1370. The number of aromatic amines is 1. The summed E-state index contributed by atoms with van der Waals surface area (Å²) in [6.45, 7) is 4.13. The zero-order chi connectivity index (χ0) is 24.2. The van der Waals surface area contributed by atoms with E-state index in [0.717, 1.165) is 11.1 Å². The van der Waals surface area contributed by atoms with Crippen LogP contribution in [0.25, 0.3) is 22.6 Å². The van der Waals surface area contributed by atoms with Gasteiger partial charge in [0.15, 0.2) is 17.8 Å². The van der Waals surface area contributed by atoms with Crippen molar-refractivity contribution in [2.24, 2.45) is 0 Å². The van der Waals surface area contributed by atoms with E-state index in [4.69, 9.17) is 11.6 Å². The molecule has 9 nitrogen and oxygen atoms in total. The third kappa shape index (κ3) is 5.51. The fourth-order valence-electron chi connectivity index (χ4n) is 4.00. The van der Waals surface area contributed by atoms with E-state index in [2.05, 4.69) is 19.9 Å². The number of fused-ring (bicyclic) bond motifs is 2. The molecule has 2 aromatic carbocycles. The highest BCUT2D eigenvalue weighted by molar-refractivity contribution is 6.32. The lowest BCUT2D eigenvalue weighted by Gasteiger charge is -2.25. The van der Waals surface area contributed by atoms with E-state index in [1.165, 1.54) is 0 Å². The van der Waals surface area contributed by atoms with Crippen LogP contribution >= 0.6 is 11.6 Å². The Kier molecular flexibility index (Phi) is 7.38. The van der Waals surface area contributed by atoms with Crippen LogP contribution < -0.4 is 11.2 Å². The van der Waals surface area contributed by atoms with Gasteiger partial charge in [0, 0.05) is 24.7 Å². The first-order valence-electron chi connectivity index (χ1n) is 11.0. The fourth-order valence-corrected chi connectivity index (χ4v) is 4.15. The second-order valence-corrected chi connectivity index (χ2v) is 8.69. The lowest BCUT2D eigenvalue weighted by molar-refractivity contribution is -0.0476. The molecule has 2 aliphatic rings. The molecule has 0 amide bonds. The largest absolute Gasteiger partial charge is 0.368 e. The van der Waals surface area contributed by atoms with Gasteiger partial charge < -0.3 is 14.8 Å². The van der Waals surface area contributed by atoms with Crippen LogP contribution in [0, 0.1) is 6.92 Å². The SMILES string of the molecule is Cc1cc2nc3c(=O)[nH]c(=O)nc-3n(CCN(CCCC(O)O)Cc3ccccc3)c2cc1Cl. The van der Waals surface area contributed by atoms with E-state index in [1.54, 1.807) is 10.6 Å². The molecule has 0 spiro atoms. The van der Waals surface area contributed by atoms with Gasteiger partial charge >= 0.3 is 5.69 Å². The molecule has 0 aromatic heterocycles. The summed E-state index contributed by atoms with van der Waals surface area (Å²) in [4.78, 5) is 37.4. The molecule has 0 radical (unpaired) electrons. The standard InChI is InChI=1S/C24H26ClN5O4/c1-15-12-18-19(13-17(15)25)30(22-21(26-18)23(33)28-24(34)27-22)11-10-29(9-5-8-20(31)32)14-16-6-3-2-4-7-16/h2-4,6-7,12-13,20,31-32H,5,8-11,14H2,1H3,(H,28,33,34). The van der Waals surface area contributed by atoms with Crippen LogP contribution in [0.5, 0.6) is 0 Å². The van der Waals surface area contributed by atoms with Crippen LogP contribution in [0.1, 0.15) is 24.0 Å². The first kappa shape index (κ1) is 24.0. The zero-order valence-electron chi connectivity index (χ0n) is 18.7. The van der Waals surface area contributed by atoms with Crippen LogP contribution in [0.15, 0.2) is 52.1 Å². The molecular formula is C24H26ClN5O4. The minimum Gasteiger partial charge on any atom is -0.368 e. The number of hydrogen-bond acceptors (Lipinski definition) is 7. The first-order chi connectivity index (χ1) is 16.3. The van der Waals surface area contributed by atoms with Crippen molar-refractivity contribution in [1.29, 1.82) is 0 Å². The van der Waals surface area contributed by atoms with Crippen LogP contribution in [0.2, 0.25) is 5.02 Å². The van der Waals surface area contributed by atoms with Crippen molar-refractivity contribution < 1.29 is 10.2 Å². The molecule has 10 heteroatoms. The topological polar surface area (TPSA) is 124 Å². The smallest absolute Gasteiger partial charge is 0.349 e. The molecule has 0 bridgehead atoms. The Morgan fingerprint density at radius 2 is 1.88 bits per heavy atom. The van der Waals surface area contributed by atoms with Crippen molar-refractivity contribution in [1.82, 2.24) is 24.4 Å². The second kappa shape index (κ2) is 10.4. The molecule has 0 unspecified atom stereocenters. The van der Waals surface area contributed by atoms with E-state index < -0.39 is 17.5 Å². The number of benzene rings is 2. The number of nitrogens with zero attached hydrogens (tertiary/aromatic N) is 4. The average molecular weight is 484 g/mol. The molecule has 2 aliphatic heterocycles. The first-order valence-corrected chi connectivity index (χ1v) is 11.4. The molecule has 3 N–H and O–H groups in total. The Labute approximate surface area is 200 Å². The van der Waals surface area contributed by atoms with Crippen LogP contribution in [-0.2, 0) is 13.1 Å². The Hall–Kier alpha value is -3.11. The summed E-state index contributed by atoms with van der Waals surface area (Å²) in [5.74, 6) is 0.201. The van der Waals surface area contributed by atoms with E-state index in [-0.39, 0.29) is 17.9 Å². The summed E-state index contributed by atoms with van der Waals surface area (Å²) in [5.41, 5.74) is 1.97. The number of nitrogens with one attached hydrogen (secondary N) is 1. The summed E-state index contributed by atoms with van der Waals surface area (Å²) in [7, 11) is 0. The van der Waals surface area contributed by atoms with Gasteiger partial charge in [-0.05, 0) is 49.6 Å². The van der Waals surface area contributed by atoms with Crippen LogP contribution in [-0.4, -0.2) is 54.0 Å². The van der Waals surface area contributed by atoms with Gasteiger partial charge in [-0.1, -0.05) is 41.9 Å². The maximum atomic E-state index is 12.5. The molecular weight excluding hydrogens is 458 g/mol. The van der Waals surface area contributed by atoms with Gasteiger partial charge in [-0.15, -0.1) is 0 Å². The highest BCUT2D eigenvalue weighted by Crippen LogP contribution is 2.26. The minimum atomic E-state index is -1.35. The van der Waals surface area contributed by atoms with Gasteiger partial charge in [0.05, 0.1) is 11.0 Å². The Morgan fingerprint density at radius 3 is 2.62 bits per heavy atom. The minimum absolute atomic E-state index is 0.0897. The molecule has 0 fully saturated rings. The molecule has 0 aliphatic carbocycles. The van der Waals surface area contributed by atoms with E-state index >= 15 is 0 Å². The highest BCUT2D eigenvalue weighted by Gasteiger charge is 2.20. The number of hydrogen-bond donors (Lipinski definition) is 3. The van der Waals surface area contributed by atoms with Crippen molar-refractivity contribution in [2.45, 2.75) is 39.1 Å². The third-order valence-electron chi connectivity index (χ3n) is 5.71. The summed E-state index contributed by atoms with van der Waals surface area (Å²) < 4.78 is 1.80. The van der Waals surface area contributed by atoms with E-state index in [9.17, 15) is 19.8 Å². The summed E-state index contributed by atoms with van der Waals surface area (Å²) in [6, 6.07) is 13.5. The highest BCUT2D eigenvalue weighted by atomic mass is 35.5. The van der Waals surface area contributed by atoms with Crippen molar-refractivity contribution in [2.75, 3.05) is 13.1 Å². The number of aryl methyl sites for hydroxylation is 1. The second-order valence-electron chi connectivity index (χ2n) is 8.28. The zero-order valence-corrected chi connectivity index (χ0v) is 19.5. The number of aliphatic hydroxyl groups is 2. The molecule has 2 heterocycles. The summed E-state index contributed by atoms with van der Waals surface area (Å²) in [6.07, 6.45) is -0.483. The van der Waals surface area contributed by atoms with Crippen LogP contribution in [0.3, 0.4) is 0 Å². The monoisotopic (exact) mass is 483 g/mol. The number of aromatic nitrogens is 4. The third-order valence-corrected chi connectivity index (χ3v) is 6.12. The number of rotatable bonds is 9. The van der Waals surface area contributed by atoms with Gasteiger partial charge in [-0.25, -0.2) is 9.78 Å². The molecule has 0 atom stereocenters. The van der Waals surface area contributed by atoms with Gasteiger partial charge in [0.25, 0.3) is 5.56 Å². The predicted molar refractivity (Wildman–Crippen MR) is 130 cm³/mol. The molecule has 4 rings (SSSR count). The maximum Gasteiger partial charge on any atom is 0.349 e. The lowest BCUT2D eigenvalue weighted by atomic mass is 10.2. The maximum absolute atomic E-state index is 12.5. The van der Waals surface area contributed by atoms with Gasteiger partial charge in [-0.2, -0.15) is 4.98 Å². The lowest BCUT2D eigenvalue weighted by Crippen LogP contribution is -2.32. The Morgan fingerprint density at radius 1 is 1.12 bits per heavy atom. The van der Waals surface area contributed by atoms with Gasteiger partial charge in [0.1, 0.15) is 0 Å². The number of halogens is 1. The number of H-pyrrole nitrogens is 1. The number of aliphatic hydroxyl groups excluding tert-OH is 1. The van der Waals surface area contributed by atoms with E-state index in [1.807, 2.05) is 43.3 Å². The molecule has 178 valence electrons. The molecule has 0 saturated carbocycles. The molecule has 0 saturated heterocycles. The quantitative estimate of drug-likeness (QED) is 0.246. The van der Waals surface area contributed by atoms with Crippen molar-refractivity contribution in [3.8, 4) is 11.5 Å². The predicted octanol–water partition coefficient (Wildman–Crippen LogP) is 2.14. The fraction of sp³-hybridized carbons (Fsp3) is 0.333. The molecule has 2 aromatic rings. The normalized spacial score (nSPS) is 11.8. The van der Waals surface area contributed by atoms with E-state index in [0.29, 0.717) is 48.7 Å². The molecule has 34 heavy (non-hydrogen) atoms.